The van der Waals surface area contributed by atoms with Crippen LogP contribution in [0.2, 0.25) is 0 Å². The van der Waals surface area contributed by atoms with Crippen LogP contribution in [0, 0.1) is 0 Å². The zero-order valence-corrected chi connectivity index (χ0v) is 15.5. The van der Waals surface area contributed by atoms with E-state index in [0.29, 0.717) is 11.5 Å². The molecule has 0 unspecified atom stereocenters. The number of carbonyl (C=O) groups excluding carboxylic acids is 2. The third-order valence-electron chi connectivity index (χ3n) is 3.92. The van der Waals surface area contributed by atoms with Crippen molar-refractivity contribution in [3.63, 3.8) is 0 Å². The summed E-state index contributed by atoms with van der Waals surface area (Å²) in [7, 11) is 2.95. The Morgan fingerprint density at radius 3 is 2.15 bits per heavy atom. The molecule has 138 valence electrons. The number of ether oxygens (including phenoxy) is 2. The molecule has 0 spiro atoms. The highest BCUT2D eigenvalue weighted by atomic mass is 16.5. The molecule has 26 heavy (non-hydrogen) atoms. The molecule has 0 saturated heterocycles. The molecule has 2 aromatic rings. The maximum atomic E-state index is 12.5. The van der Waals surface area contributed by atoms with Gasteiger partial charge in [0.1, 0.15) is 17.1 Å². The van der Waals surface area contributed by atoms with Gasteiger partial charge in [0.15, 0.2) is 0 Å². The number of rotatable bonds is 7. The zero-order valence-electron chi connectivity index (χ0n) is 15.5. The van der Waals surface area contributed by atoms with Crippen molar-refractivity contribution in [3.05, 3.63) is 53.6 Å². The summed E-state index contributed by atoms with van der Waals surface area (Å²) in [5.41, 5.74) is 2.04. The van der Waals surface area contributed by atoms with Gasteiger partial charge >= 0.3 is 0 Å². The minimum absolute atomic E-state index is 0.160. The van der Waals surface area contributed by atoms with Gasteiger partial charge in [-0.1, -0.05) is 38.1 Å². The predicted octanol–water partition coefficient (Wildman–Crippen LogP) is 3.20. The largest absolute Gasteiger partial charge is 0.496 e. The molecule has 0 radical (unpaired) electrons. The van der Waals surface area contributed by atoms with Gasteiger partial charge < -0.3 is 20.1 Å². The number of hydrogen-bond acceptors (Lipinski definition) is 4. The average molecular weight is 356 g/mol. The lowest BCUT2D eigenvalue weighted by atomic mass is 10.0. The maximum absolute atomic E-state index is 12.5. The lowest BCUT2D eigenvalue weighted by Gasteiger charge is -2.15. The topological polar surface area (TPSA) is 76.7 Å². The molecule has 0 fully saturated rings. The van der Waals surface area contributed by atoms with Crippen LogP contribution in [0.3, 0.4) is 0 Å². The summed E-state index contributed by atoms with van der Waals surface area (Å²) in [6.07, 6.45) is 0. The van der Waals surface area contributed by atoms with Crippen molar-refractivity contribution in [3.8, 4) is 11.5 Å². The van der Waals surface area contributed by atoms with Gasteiger partial charge in [0.25, 0.3) is 5.91 Å². The molecule has 0 bridgehead atoms. The second-order valence-electron chi connectivity index (χ2n) is 6.01. The third-order valence-corrected chi connectivity index (χ3v) is 3.92. The molecule has 0 aliphatic heterocycles. The Balaban J connectivity index is 2.06. The number of amides is 2. The van der Waals surface area contributed by atoms with Gasteiger partial charge in [-0.3, -0.25) is 9.59 Å². The molecule has 0 aliphatic carbocycles. The first-order valence-electron chi connectivity index (χ1n) is 8.35. The van der Waals surface area contributed by atoms with Crippen molar-refractivity contribution >= 4 is 17.5 Å². The van der Waals surface area contributed by atoms with Gasteiger partial charge in [0, 0.05) is 5.69 Å². The molecular weight excluding hydrogens is 332 g/mol. The molecule has 6 nitrogen and oxygen atoms in total. The fourth-order valence-electron chi connectivity index (χ4n) is 2.63. The van der Waals surface area contributed by atoms with E-state index in [4.69, 9.17) is 9.47 Å². The first-order valence-corrected chi connectivity index (χ1v) is 8.35. The molecule has 2 rings (SSSR count). The van der Waals surface area contributed by atoms with Crippen LogP contribution < -0.4 is 20.1 Å². The Hall–Kier alpha value is -3.02. The summed E-state index contributed by atoms with van der Waals surface area (Å²) in [6.45, 7) is 3.95. The molecule has 2 aromatic carbocycles. The van der Waals surface area contributed by atoms with Crippen LogP contribution in [0.5, 0.6) is 11.5 Å². The number of nitrogens with one attached hydrogen (secondary N) is 2. The smallest absolute Gasteiger partial charge is 0.259 e. The van der Waals surface area contributed by atoms with E-state index in [0.717, 1.165) is 11.3 Å². The first-order chi connectivity index (χ1) is 12.5. The number of anilines is 1. The molecular formula is C20H24N2O4. The highest BCUT2D eigenvalue weighted by Gasteiger charge is 2.19. The molecule has 6 heteroatoms. The molecule has 0 saturated carbocycles. The van der Waals surface area contributed by atoms with Crippen molar-refractivity contribution in [2.45, 2.75) is 19.8 Å². The minimum Gasteiger partial charge on any atom is -0.496 e. The third kappa shape index (κ3) is 4.53. The van der Waals surface area contributed by atoms with Gasteiger partial charge in [-0.2, -0.15) is 0 Å². The average Bonchev–Trinajstić information content (AvgIpc) is 2.65. The van der Waals surface area contributed by atoms with Gasteiger partial charge in [-0.25, -0.2) is 0 Å². The number of hydrogen-bond donors (Lipinski definition) is 2. The van der Waals surface area contributed by atoms with Crippen molar-refractivity contribution in [1.82, 2.24) is 5.32 Å². The lowest BCUT2D eigenvalue weighted by molar-refractivity contribution is -0.115. The summed E-state index contributed by atoms with van der Waals surface area (Å²) in [4.78, 5) is 24.7. The van der Waals surface area contributed by atoms with E-state index < -0.39 is 5.91 Å². The fourth-order valence-corrected chi connectivity index (χ4v) is 2.63. The number of carbonyl (C=O) groups is 2. The zero-order chi connectivity index (χ0) is 19.1. The second-order valence-corrected chi connectivity index (χ2v) is 6.01. The van der Waals surface area contributed by atoms with E-state index >= 15 is 0 Å². The summed E-state index contributed by atoms with van der Waals surface area (Å²) in [6, 6.07) is 12.7. The van der Waals surface area contributed by atoms with Crippen LogP contribution in [0.1, 0.15) is 35.7 Å². The monoisotopic (exact) mass is 356 g/mol. The molecule has 0 atom stereocenters. The Morgan fingerprint density at radius 2 is 1.58 bits per heavy atom. The second kappa shape index (κ2) is 8.89. The molecule has 0 aromatic heterocycles. The molecule has 0 aliphatic rings. The fraction of sp³-hybridized carbons (Fsp3) is 0.300. The van der Waals surface area contributed by atoms with E-state index in [9.17, 15) is 9.59 Å². The van der Waals surface area contributed by atoms with E-state index in [1.165, 1.54) is 14.2 Å². The quantitative estimate of drug-likeness (QED) is 0.799. The van der Waals surface area contributed by atoms with E-state index in [2.05, 4.69) is 24.5 Å². The lowest BCUT2D eigenvalue weighted by Crippen LogP contribution is -2.33. The van der Waals surface area contributed by atoms with Crippen molar-refractivity contribution in [1.29, 1.82) is 0 Å². The normalized spacial score (nSPS) is 10.3. The molecule has 0 heterocycles. The highest BCUT2D eigenvalue weighted by molar-refractivity contribution is 6.02. The number of methoxy groups -OCH3 is 2. The minimum atomic E-state index is -0.438. The van der Waals surface area contributed by atoms with Crippen molar-refractivity contribution in [2.75, 3.05) is 26.1 Å². The van der Waals surface area contributed by atoms with E-state index in [-0.39, 0.29) is 23.9 Å². The number of benzene rings is 2. The molecule has 2 N–H and O–H groups in total. The SMILES string of the molecule is COc1cccc(OC)c1C(=O)NCC(=O)Nc1ccccc1C(C)C. The van der Waals surface area contributed by atoms with Crippen LogP contribution in [0.4, 0.5) is 5.69 Å². The maximum Gasteiger partial charge on any atom is 0.259 e. The van der Waals surface area contributed by atoms with Gasteiger partial charge in [-0.05, 0) is 29.7 Å². The first kappa shape index (κ1) is 19.3. The van der Waals surface area contributed by atoms with E-state index in [1.807, 2.05) is 24.3 Å². The standard InChI is InChI=1S/C20H24N2O4/c1-13(2)14-8-5-6-9-15(14)22-18(23)12-21-20(24)19-16(25-3)10-7-11-17(19)26-4/h5-11,13H,12H2,1-4H3,(H,21,24)(H,22,23). The summed E-state index contributed by atoms with van der Waals surface area (Å²) in [5.74, 6) is 0.297. The summed E-state index contributed by atoms with van der Waals surface area (Å²) < 4.78 is 10.4. The van der Waals surface area contributed by atoms with Crippen LogP contribution in [-0.2, 0) is 4.79 Å². The highest BCUT2D eigenvalue weighted by Crippen LogP contribution is 2.28. The number of para-hydroxylation sites is 1. The van der Waals surface area contributed by atoms with Crippen molar-refractivity contribution < 1.29 is 19.1 Å². The van der Waals surface area contributed by atoms with Gasteiger partial charge in [0.2, 0.25) is 5.91 Å². The van der Waals surface area contributed by atoms with Crippen LogP contribution in [-0.4, -0.2) is 32.6 Å². The molecule has 2 amide bonds. The van der Waals surface area contributed by atoms with E-state index in [1.54, 1.807) is 18.2 Å². The summed E-state index contributed by atoms with van der Waals surface area (Å²) in [5, 5.41) is 5.45. The Kier molecular flexibility index (Phi) is 6.60. The van der Waals surface area contributed by atoms with Gasteiger partial charge in [0.05, 0.1) is 20.8 Å². The van der Waals surface area contributed by atoms with Gasteiger partial charge in [-0.15, -0.1) is 0 Å². The van der Waals surface area contributed by atoms with Crippen molar-refractivity contribution in [2.24, 2.45) is 0 Å². The van der Waals surface area contributed by atoms with Crippen LogP contribution >= 0.6 is 0 Å². The summed E-state index contributed by atoms with van der Waals surface area (Å²) >= 11 is 0. The van der Waals surface area contributed by atoms with Crippen LogP contribution in [0.15, 0.2) is 42.5 Å². The Bertz CT molecular complexity index is 765. The van der Waals surface area contributed by atoms with Crippen LogP contribution in [0.25, 0.3) is 0 Å². The Labute approximate surface area is 153 Å². The predicted molar refractivity (Wildman–Crippen MR) is 101 cm³/mol. The Morgan fingerprint density at radius 1 is 0.962 bits per heavy atom.